The Morgan fingerprint density at radius 1 is 1.13 bits per heavy atom. The molecule has 1 aliphatic heterocycles. The maximum absolute atomic E-state index is 10.2. The van der Waals surface area contributed by atoms with E-state index < -0.39 is 0 Å². The summed E-state index contributed by atoms with van der Waals surface area (Å²) in [6, 6.07) is 8.90. The van der Waals surface area contributed by atoms with Gasteiger partial charge in [0.1, 0.15) is 5.84 Å². The van der Waals surface area contributed by atoms with Crippen LogP contribution >= 0.6 is 0 Å². The number of benzene rings is 1. The van der Waals surface area contributed by atoms with E-state index in [0.717, 1.165) is 68.7 Å². The van der Waals surface area contributed by atoms with Crippen molar-refractivity contribution in [2.75, 3.05) is 19.8 Å². The van der Waals surface area contributed by atoms with Crippen molar-refractivity contribution in [1.82, 2.24) is 5.32 Å². The molecule has 250 valence electrons. The normalized spacial score (nSPS) is 23.3. The summed E-state index contributed by atoms with van der Waals surface area (Å²) in [6.45, 7) is 14.1. The number of ether oxygens (including phenoxy) is 1. The third-order valence-corrected chi connectivity index (χ3v) is 8.10. The van der Waals surface area contributed by atoms with Gasteiger partial charge in [0.2, 0.25) is 0 Å². The number of rotatable bonds is 11. The number of aliphatic hydroxyl groups is 1. The Bertz CT molecular complexity index is 1320. The van der Waals surface area contributed by atoms with Crippen LogP contribution in [0.5, 0.6) is 0 Å². The Morgan fingerprint density at radius 3 is 2.46 bits per heavy atom. The first kappa shape index (κ1) is 38.4. The summed E-state index contributed by atoms with van der Waals surface area (Å²) in [6.07, 6.45) is 28.4. The quantitative estimate of drug-likeness (QED) is 0.169. The minimum atomic E-state index is -0.198. The highest BCUT2D eigenvalue weighted by atomic mass is 16.5. The fourth-order valence-corrected chi connectivity index (χ4v) is 5.63. The van der Waals surface area contributed by atoms with Gasteiger partial charge >= 0.3 is 0 Å². The molecule has 6 heteroatoms. The molecular formula is C40H58N4O2. The summed E-state index contributed by atoms with van der Waals surface area (Å²) in [4.78, 5) is 8.89. The summed E-state index contributed by atoms with van der Waals surface area (Å²) >= 11 is 0. The summed E-state index contributed by atoms with van der Waals surface area (Å²) in [5, 5.41) is 13.4. The molecule has 1 aromatic carbocycles. The second-order valence-corrected chi connectivity index (χ2v) is 11.4. The van der Waals surface area contributed by atoms with Crippen LogP contribution in [-0.2, 0) is 10.2 Å². The van der Waals surface area contributed by atoms with Gasteiger partial charge in [0.15, 0.2) is 0 Å². The van der Waals surface area contributed by atoms with E-state index in [1.165, 1.54) is 28.6 Å². The topological polar surface area (TPSA) is 92.2 Å². The molecule has 0 amide bonds. The number of hydrogen-bond acceptors (Lipinski definition) is 6. The smallest absolute Gasteiger partial charge is 0.101 e. The van der Waals surface area contributed by atoms with Crippen molar-refractivity contribution in [2.45, 2.75) is 98.0 Å². The summed E-state index contributed by atoms with van der Waals surface area (Å²) in [5.74, 6) is 1.10. The van der Waals surface area contributed by atoms with Crippen molar-refractivity contribution in [3.05, 3.63) is 119 Å². The van der Waals surface area contributed by atoms with Gasteiger partial charge in [-0.05, 0) is 76.2 Å². The van der Waals surface area contributed by atoms with Gasteiger partial charge in [0.25, 0.3) is 0 Å². The molecule has 4 rings (SSSR count). The van der Waals surface area contributed by atoms with E-state index in [9.17, 15) is 5.11 Å². The number of hydrogen-bond donors (Lipinski definition) is 3. The van der Waals surface area contributed by atoms with E-state index in [1.54, 1.807) is 0 Å². The lowest BCUT2D eigenvalue weighted by atomic mass is 9.64. The number of allylic oxidation sites excluding steroid dienone is 10. The van der Waals surface area contributed by atoms with Crippen LogP contribution in [-0.4, -0.2) is 42.5 Å². The summed E-state index contributed by atoms with van der Waals surface area (Å²) in [7, 11) is 0. The van der Waals surface area contributed by atoms with Crippen molar-refractivity contribution in [2.24, 2.45) is 15.7 Å². The van der Waals surface area contributed by atoms with Gasteiger partial charge in [0.05, 0.1) is 31.6 Å². The number of aliphatic hydroxyl groups excluding tert-OH is 1. The van der Waals surface area contributed by atoms with E-state index in [2.05, 4.69) is 90.7 Å². The fourth-order valence-electron chi connectivity index (χ4n) is 5.63. The molecule has 1 aromatic rings. The first-order valence-electron chi connectivity index (χ1n) is 17.0. The summed E-state index contributed by atoms with van der Waals surface area (Å²) in [5.41, 5.74) is 12.6. The number of aryl methyl sites for hydroxylation is 1. The van der Waals surface area contributed by atoms with E-state index in [-0.39, 0.29) is 11.5 Å². The second-order valence-electron chi connectivity index (χ2n) is 11.4. The highest BCUT2D eigenvalue weighted by Gasteiger charge is 2.38. The zero-order valence-electron chi connectivity index (χ0n) is 29.1. The molecule has 0 aromatic heterocycles. The number of aliphatic imine (C=N–C) groups is 2. The minimum Gasteiger partial charge on any atom is -0.403 e. The zero-order valence-corrected chi connectivity index (χ0v) is 29.1. The highest BCUT2D eigenvalue weighted by Crippen LogP contribution is 2.46. The molecule has 0 saturated heterocycles. The van der Waals surface area contributed by atoms with E-state index in [0.29, 0.717) is 13.2 Å². The van der Waals surface area contributed by atoms with Crippen LogP contribution in [0.1, 0.15) is 90.7 Å². The van der Waals surface area contributed by atoms with Crippen molar-refractivity contribution < 1.29 is 9.84 Å². The predicted octanol–water partition coefficient (Wildman–Crippen LogP) is 8.72. The zero-order chi connectivity index (χ0) is 33.6. The van der Waals surface area contributed by atoms with Gasteiger partial charge in [0, 0.05) is 35.9 Å². The van der Waals surface area contributed by atoms with Gasteiger partial charge in [-0.3, -0.25) is 9.98 Å². The van der Waals surface area contributed by atoms with Gasteiger partial charge in [-0.1, -0.05) is 99.2 Å². The molecule has 6 nitrogen and oxygen atoms in total. The van der Waals surface area contributed by atoms with E-state index >= 15 is 0 Å². The molecule has 1 fully saturated rings. The molecule has 1 heterocycles. The molecular weight excluding hydrogens is 568 g/mol. The molecule has 3 aliphatic rings. The van der Waals surface area contributed by atoms with Crippen molar-refractivity contribution >= 4 is 11.5 Å². The van der Waals surface area contributed by atoms with Crippen LogP contribution in [0.2, 0.25) is 0 Å². The van der Waals surface area contributed by atoms with Gasteiger partial charge < -0.3 is 20.9 Å². The largest absolute Gasteiger partial charge is 0.403 e. The molecule has 2 aliphatic carbocycles. The number of amidine groups is 1. The maximum atomic E-state index is 10.2. The molecule has 0 unspecified atom stereocenters. The SMILES string of the molecule is C/C=C\C(=C/CCOC/C(=C/N)N=C1C=CC=CC1)C1(c2ccc(C)cc2)CCC(O)CC1.C/C=C\C=C1/CN=C(CC)N1.CC. The minimum absolute atomic E-state index is 0.0609. The van der Waals surface area contributed by atoms with Crippen LogP contribution in [0, 0.1) is 6.92 Å². The van der Waals surface area contributed by atoms with Crippen LogP contribution in [0.25, 0.3) is 0 Å². The average Bonchev–Trinajstić information content (AvgIpc) is 3.57. The van der Waals surface area contributed by atoms with Crippen LogP contribution < -0.4 is 11.1 Å². The predicted molar refractivity (Wildman–Crippen MR) is 198 cm³/mol. The van der Waals surface area contributed by atoms with Crippen molar-refractivity contribution in [1.29, 1.82) is 0 Å². The van der Waals surface area contributed by atoms with E-state index in [4.69, 9.17) is 10.5 Å². The van der Waals surface area contributed by atoms with Gasteiger partial charge in [-0.15, -0.1) is 0 Å². The Labute approximate surface area is 279 Å². The van der Waals surface area contributed by atoms with Crippen LogP contribution in [0.3, 0.4) is 0 Å². The number of nitrogens with two attached hydrogens (primary N) is 1. The third kappa shape index (κ3) is 12.6. The molecule has 0 spiro atoms. The van der Waals surface area contributed by atoms with E-state index in [1.807, 2.05) is 51.2 Å². The highest BCUT2D eigenvalue weighted by molar-refractivity contribution is 5.97. The molecule has 46 heavy (non-hydrogen) atoms. The maximum Gasteiger partial charge on any atom is 0.101 e. The second kappa shape index (κ2) is 21.9. The Morgan fingerprint density at radius 2 is 1.87 bits per heavy atom. The molecule has 4 N–H and O–H groups in total. The van der Waals surface area contributed by atoms with Gasteiger partial charge in [-0.2, -0.15) is 0 Å². The molecule has 0 radical (unpaired) electrons. The van der Waals surface area contributed by atoms with Crippen LogP contribution in [0.4, 0.5) is 0 Å². The first-order chi connectivity index (χ1) is 22.4. The Balaban J connectivity index is 0.000000475. The number of nitrogens with one attached hydrogen (secondary N) is 1. The Kier molecular flexibility index (Phi) is 18.3. The summed E-state index contributed by atoms with van der Waals surface area (Å²) < 4.78 is 5.91. The molecule has 1 saturated carbocycles. The molecule has 0 bridgehead atoms. The standard InChI is InChI=1S/C29H38N2O2.C9H14N2.C2H6/c1-3-8-24(9-7-20-33-22-27(21-30)31-26-10-5-4-6-11-26)29(18-16-28(32)17-19-29)25-14-12-23(2)13-15-25;1-3-5-6-8-7-10-9(4-2)11-8;1-2/h3-6,8-10,12-15,21,28,32H,7,11,16-20,22,30H2,1-2H3;3,5-6H,4,7H2,1-2H3,(H,10,11);1-2H3/b8-3-,24-9+,27-21-,31-26?;5-3-,8-6+;. The lowest BCUT2D eigenvalue weighted by Crippen LogP contribution is -2.35. The fraction of sp³-hybridized carbons (Fsp3) is 0.450. The van der Waals surface area contributed by atoms with Gasteiger partial charge in [-0.25, -0.2) is 0 Å². The first-order valence-corrected chi connectivity index (χ1v) is 17.0. The third-order valence-electron chi connectivity index (χ3n) is 8.10. The monoisotopic (exact) mass is 626 g/mol. The Hall–Kier alpha value is -3.74. The lowest BCUT2D eigenvalue weighted by molar-refractivity contribution is 0.105. The number of nitrogens with zero attached hydrogens (tertiary/aromatic N) is 2. The lowest BCUT2D eigenvalue weighted by Gasteiger charge is -2.41. The van der Waals surface area contributed by atoms with Crippen molar-refractivity contribution in [3.8, 4) is 0 Å². The van der Waals surface area contributed by atoms with Crippen molar-refractivity contribution in [3.63, 3.8) is 0 Å². The average molecular weight is 627 g/mol. The van der Waals surface area contributed by atoms with Crippen LogP contribution in [0.15, 0.2) is 118 Å². The molecule has 0 atom stereocenters.